The molecule has 2 N–H and O–H groups in total. The normalized spacial score (nSPS) is 11.5. The highest BCUT2D eigenvalue weighted by Crippen LogP contribution is 2.13. The second kappa shape index (κ2) is 10.1. The van der Waals surface area contributed by atoms with E-state index in [0.29, 0.717) is 16.6 Å². The SMILES string of the molecule is O=C(Cn1cnc2ccc(F)cc2c1=O)NCc1cccc(S(=O)(=O)NCc2cccc(F)c2)c1. The summed E-state index contributed by atoms with van der Waals surface area (Å²) in [6.07, 6.45) is 1.21. The van der Waals surface area contributed by atoms with Crippen molar-refractivity contribution in [2.24, 2.45) is 0 Å². The van der Waals surface area contributed by atoms with Crippen LogP contribution in [0.15, 0.2) is 82.7 Å². The maximum atomic E-state index is 13.5. The lowest BCUT2D eigenvalue weighted by Gasteiger charge is -2.10. The molecule has 1 heterocycles. The fourth-order valence-electron chi connectivity index (χ4n) is 3.39. The van der Waals surface area contributed by atoms with Gasteiger partial charge in [-0.25, -0.2) is 26.9 Å². The predicted octanol–water partition coefficient (Wildman–Crippen LogP) is 2.47. The fraction of sp³-hybridized carbons (Fsp3) is 0.125. The van der Waals surface area contributed by atoms with Gasteiger partial charge in [0.1, 0.15) is 18.2 Å². The summed E-state index contributed by atoms with van der Waals surface area (Å²) in [6.45, 7) is -0.415. The molecule has 0 aliphatic carbocycles. The van der Waals surface area contributed by atoms with Crippen LogP contribution in [0.25, 0.3) is 10.9 Å². The van der Waals surface area contributed by atoms with E-state index < -0.39 is 33.1 Å². The van der Waals surface area contributed by atoms with Gasteiger partial charge in [-0.05, 0) is 53.6 Å². The third kappa shape index (κ3) is 5.94. The van der Waals surface area contributed by atoms with Crippen molar-refractivity contribution >= 4 is 26.8 Å². The van der Waals surface area contributed by atoms with Crippen LogP contribution in [0.1, 0.15) is 11.1 Å². The Kier molecular flexibility index (Phi) is 6.99. The van der Waals surface area contributed by atoms with E-state index in [-0.39, 0.29) is 29.9 Å². The van der Waals surface area contributed by atoms with Crippen LogP contribution in [-0.2, 0) is 34.5 Å². The Balaban J connectivity index is 1.40. The highest BCUT2D eigenvalue weighted by molar-refractivity contribution is 7.89. The summed E-state index contributed by atoms with van der Waals surface area (Å²) < 4.78 is 55.5. The van der Waals surface area contributed by atoms with Crippen molar-refractivity contribution in [3.05, 3.63) is 106 Å². The molecule has 0 atom stereocenters. The molecule has 1 amide bonds. The lowest BCUT2D eigenvalue weighted by atomic mass is 10.2. The second-order valence-corrected chi connectivity index (χ2v) is 9.48. The van der Waals surface area contributed by atoms with Crippen LogP contribution in [0, 0.1) is 11.6 Å². The van der Waals surface area contributed by atoms with Gasteiger partial charge in [-0.1, -0.05) is 24.3 Å². The number of aromatic nitrogens is 2. The Morgan fingerprint density at radius 2 is 1.63 bits per heavy atom. The van der Waals surface area contributed by atoms with E-state index in [1.165, 1.54) is 54.9 Å². The van der Waals surface area contributed by atoms with Gasteiger partial charge in [0.15, 0.2) is 0 Å². The van der Waals surface area contributed by atoms with Crippen LogP contribution < -0.4 is 15.6 Å². The van der Waals surface area contributed by atoms with Crippen molar-refractivity contribution in [3.63, 3.8) is 0 Å². The molecule has 1 aromatic heterocycles. The Bertz CT molecular complexity index is 1570. The van der Waals surface area contributed by atoms with Crippen molar-refractivity contribution in [3.8, 4) is 0 Å². The molecule has 0 saturated heterocycles. The molecular weight excluding hydrogens is 478 g/mol. The Labute approximate surface area is 199 Å². The number of amides is 1. The van der Waals surface area contributed by atoms with Crippen LogP contribution in [0.2, 0.25) is 0 Å². The van der Waals surface area contributed by atoms with Crippen LogP contribution in [0.5, 0.6) is 0 Å². The Morgan fingerprint density at radius 3 is 2.40 bits per heavy atom. The van der Waals surface area contributed by atoms with Gasteiger partial charge in [0.05, 0.1) is 22.1 Å². The minimum Gasteiger partial charge on any atom is -0.350 e. The molecule has 0 radical (unpaired) electrons. The first kappa shape index (κ1) is 24.2. The quantitative estimate of drug-likeness (QED) is 0.388. The monoisotopic (exact) mass is 498 g/mol. The van der Waals surface area contributed by atoms with E-state index in [1.54, 1.807) is 12.1 Å². The summed E-state index contributed by atoms with van der Waals surface area (Å²) in [6, 6.07) is 15.2. The summed E-state index contributed by atoms with van der Waals surface area (Å²) >= 11 is 0. The first-order chi connectivity index (χ1) is 16.7. The molecule has 0 unspecified atom stereocenters. The molecule has 8 nitrogen and oxygen atoms in total. The van der Waals surface area contributed by atoms with Gasteiger partial charge in [0, 0.05) is 13.1 Å². The summed E-state index contributed by atoms with van der Waals surface area (Å²) in [4.78, 5) is 28.9. The molecule has 0 spiro atoms. The third-order valence-electron chi connectivity index (χ3n) is 5.15. The second-order valence-electron chi connectivity index (χ2n) is 7.72. The van der Waals surface area contributed by atoms with Crippen molar-refractivity contribution in [1.29, 1.82) is 0 Å². The number of fused-ring (bicyclic) bond motifs is 1. The molecule has 3 aromatic carbocycles. The number of benzene rings is 3. The van der Waals surface area contributed by atoms with E-state index in [0.717, 1.165) is 10.6 Å². The highest BCUT2D eigenvalue weighted by atomic mass is 32.2. The number of carbonyl (C=O) groups is 1. The summed E-state index contributed by atoms with van der Waals surface area (Å²) in [5, 5.41) is 2.68. The predicted molar refractivity (Wildman–Crippen MR) is 125 cm³/mol. The third-order valence-corrected chi connectivity index (χ3v) is 6.55. The van der Waals surface area contributed by atoms with Crippen LogP contribution in [0.4, 0.5) is 8.78 Å². The van der Waals surface area contributed by atoms with E-state index >= 15 is 0 Å². The molecule has 11 heteroatoms. The van der Waals surface area contributed by atoms with Crippen LogP contribution in [0.3, 0.4) is 0 Å². The van der Waals surface area contributed by atoms with Crippen molar-refractivity contribution < 1.29 is 22.0 Å². The van der Waals surface area contributed by atoms with Gasteiger partial charge in [0.2, 0.25) is 15.9 Å². The van der Waals surface area contributed by atoms with Gasteiger partial charge < -0.3 is 5.32 Å². The number of sulfonamides is 1. The number of halogens is 2. The zero-order valence-electron chi connectivity index (χ0n) is 18.2. The molecule has 180 valence electrons. The summed E-state index contributed by atoms with van der Waals surface area (Å²) in [5.74, 6) is -1.56. The average molecular weight is 499 g/mol. The number of carbonyl (C=O) groups excluding carboxylic acids is 1. The molecule has 4 rings (SSSR count). The van der Waals surface area contributed by atoms with Gasteiger partial charge in [-0.15, -0.1) is 0 Å². The van der Waals surface area contributed by atoms with E-state index in [2.05, 4.69) is 15.0 Å². The smallest absolute Gasteiger partial charge is 0.261 e. The summed E-state index contributed by atoms with van der Waals surface area (Å²) in [7, 11) is -3.88. The molecule has 4 aromatic rings. The zero-order chi connectivity index (χ0) is 25.0. The number of nitrogens with one attached hydrogen (secondary N) is 2. The van der Waals surface area contributed by atoms with Gasteiger partial charge in [-0.3, -0.25) is 14.2 Å². The van der Waals surface area contributed by atoms with Crippen LogP contribution >= 0.6 is 0 Å². The first-order valence-electron chi connectivity index (χ1n) is 10.5. The van der Waals surface area contributed by atoms with E-state index in [4.69, 9.17) is 0 Å². The molecule has 0 saturated carbocycles. The molecule has 0 fully saturated rings. The summed E-state index contributed by atoms with van der Waals surface area (Å²) in [5.41, 5.74) is 0.746. The standard InChI is InChI=1S/C24H20F2N4O4S/c25-18-5-1-3-16(9-18)13-29-35(33,34)20-6-2-4-17(10-20)12-27-23(31)14-30-15-28-22-8-7-19(26)11-21(22)24(30)32/h1-11,15,29H,12-14H2,(H,27,31). The highest BCUT2D eigenvalue weighted by Gasteiger charge is 2.15. The minimum absolute atomic E-state index is 0.0104. The lowest BCUT2D eigenvalue weighted by Crippen LogP contribution is -2.32. The Hall–Kier alpha value is -3.96. The molecule has 0 bridgehead atoms. The first-order valence-corrected chi connectivity index (χ1v) is 11.9. The number of hydrogen-bond acceptors (Lipinski definition) is 5. The average Bonchev–Trinajstić information content (AvgIpc) is 2.84. The number of nitrogens with zero attached hydrogens (tertiary/aromatic N) is 2. The van der Waals surface area contributed by atoms with Crippen molar-refractivity contribution in [1.82, 2.24) is 19.6 Å². The van der Waals surface area contributed by atoms with Crippen molar-refractivity contribution in [2.45, 2.75) is 24.5 Å². The van der Waals surface area contributed by atoms with Crippen LogP contribution in [-0.4, -0.2) is 23.9 Å². The number of hydrogen-bond donors (Lipinski definition) is 2. The molecule has 0 aliphatic heterocycles. The largest absolute Gasteiger partial charge is 0.350 e. The Morgan fingerprint density at radius 1 is 0.914 bits per heavy atom. The maximum absolute atomic E-state index is 13.5. The van der Waals surface area contributed by atoms with Gasteiger partial charge in [-0.2, -0.15) is 0 Å². The number of rotatable bonds is 8. The van der Waals surface area contributed by atoms with Gasteiger partial charge in [0.25, 0.3) is 5.56 Å². The minimum atomic E-state index is -3.88. The van der Waals surface area contributed by atoms with E-state index in [1.807, 2.05) is 0 Å². The molecule has 35 heavy (non-hydrogen) atoms. The maximum Gasteiger partial charge on any atom is 0.261 e. The molecular formula is C24H20F2N4O4S. The van der Waals surface area contributed by atoms with E-state index in [9.17, 15) is 26.8 Å². The zero-order valence-corrected chi connectivity index (χ0v) is 19.1. The lowest BCUT2D eigenvalue weighted by molar-refractivity contribution is -0.121. The topological polar surface area (TPSA) is 110 Å². The van der Waals surface area contributed by atoms with Gasteiger partial charge >= 0.3 is 0 Å². The fourth-order valence-corrected chi connectivity index (χ4v) is 4.47. The van der Waals surface area contributed by atoms with Crippen molar-refractivity contribution in [2.75, 3.05) is 0 Å². The molecule has 0 aliphatic rings.